The molecule has 0 fully saturated rings. The van der Waals surface area contributed by atoms with E-state index >= 15 is 0 Å². The lowest BCUT2D eigenvalue weighted by atomic mass is 10.1. The fourth-order valence-electron chi connectivity index (χ4n) is 2.37. The number of rotatable bonds is 7. The molecule has 2 rings (SSSR count). The van der Waals surface area contributed by atoms with E-state index in [1.165, 1.54) is 31.2 Å². The zero-order valence-corrected chi connectivity index (χ0v) is 13.4. The highest BCUT2D eigenvalue weighted by atomic mass is 14.9. The molecule has 0 heterocycles. The summed E-state index contributed by atoms with van der Waals surface area (Å²) in [4.78, 5) is 0. The molecule has 1 atom stereocenters. The van der Waals surface area contributed by atoms with Gasteiger partial charge in [-0.05, 0) is 30.7 Å². The third-order valence-corrected chi connectivity index (χ3v) is 3.65. The van der Waals surface area contributed by atoms with Gasteiger partial charge in [-0.1, -0.05) is 86.6 Å². The monoisotopic (exact) mass is 291 g/mol. The van der Waals surface area contributed by atoms with Crippen LogP contribution in [0.5, 0.6) is 0 Å². The lowest BCUT2D eigenvalue weighted by Gasteiger charge is -2.13. The van der Waals surface area contributed by atoms with E-state index < -0.39 is 0 Å². The molecule has 1 heteroatoms. The second-order valence-electron chi connectivity index (χ2n) is 5.49. The Labute approximate surface area is 134 Å². The molecule has 1 N–H and O–H groups in total. The van der Waals surface area contributed by atoms with Crippen LogP contribution in [0.3, 0.4) is 0 Å². The molecule has 2 aromatic rings. The number of nitrogens with one attached hydrogen (secondary N) is 1. The molecule has 1 nitrogen and oxygen atoms in total. The van der Waals surface area contributed by atoms with Crippen LogP contribution >= 0.6 is 0 Å². The quantitative estimate of drug-likeness (QED) is 0.562. The van der Waals surface area contributed by atoms with E-state index in [1.807, 2.05) is 24.3 Å². The van der Waals surface area contributed by atoms with Crippen molar-refractivity contribution in [2.45, 2.75) is 38.6 Å². The van der Waals surface area contributed by atoms with Crippen LogP contribution in [0, 0.1) is 11.8 Å². The maximum atomic E-state index is 3.59. The van der Waals surface area contributed by atoms with Gasteiger partial charge >= 0.3 is 0 Å². The first-order chi connectivity index (χ1) is 10.9. The Morgan fingerprint density at radius 1 is 0.864 bits per heavy atom. The van der Waals surface area contributed by atoms with Crippen LogP contribution in [-0.4, -0.2) is 6.54 Å². The molecule has 0 aliphatic heterocycles. The van der Waals surface area contributed by atoms with Gasteiger partial charge in [0.1, 0.15) is 0 Å². The second-order valence-corrected chi connectivity index (χ2v) is 5.49. The average molecular weight is 291 g/mol. The summed E-state index contributed by atoms with van der Waals surface area (Å²) in [5, 5.41) is 3.59. The van der Waals surface area contributed by atoms with Crippen molar-refractivity contribution < 1.29 is 0 Å². The highest BCUT2D eigenvalue weighted by molar-refractivity contribution is 5.37. The van der Waals surface area contributed by atoms with Gasteiger partial charge in [0.25, 0.3) is 0 Å². The van der Waals surface area contributed by atoms with E-state index in [2.05, 4.69) is 60.5 Å². The molecule has 0 saturated carbocycles. The summed E-state index contributed by atoms with van der Waals surface area (Å²) >= 11 is 0. The summed E-state index contributed by atoms with van der Waals surface area (Å²) in [5.74, 6) is 6.66. The Morgan fingerprint density at radius 3 is 2.23 bits per heavy atom. The molecule has 22 heavy (non-hydrogen) atoms. The normalized spacial score (nSPS) is 11.5. The minimum atomic E-state index is 0.100. The van der Waals surface area contributed by atoms with Crippen molar-refractivity contribution in [3.63, 3.8) is 0 Å². The Balaban J connectivity index is 2.01. The van der Waals surface area contributed by atoms with Crippen molar-refractivity contribution in [3.05, 3.63) is 71.8 Å². The first-order valence-corrected chi connectivity index (χ1v) is 8.25. The largest absolute Gasteiger partial charge is 0.300 e. The molecule has 0 saturated heterocycles. The van der Waals surface area contributed by atoms with E-state index in [9.17, 15) is 0 Å². The van der Waals surface area contributed by atoms with Crippen molar-refractivity contribution in [1.82, 2.24) is 5.32 Å². The molecular weight excluding hydrogens is 266 g/mol. The maximum absolute atomic E-state index is 3.59. The fraction of sp³-hybridized carbons (Fsp3) is 0.333. The first-order valence-electron chi connectivity index (χ1n) is 8.25. The standard InChI is InChI=1S/C21H25N/c1-2-3-4-11-18-22-21(20-14-9-6-10-15-20)17-16-19-12-7-5-8-13-19/h5-10,12-15,21-22H,2-4,11,18H2,1H3. The van der Waals surface area contributed by atoms with E-state index in [0.717, 1.165) is 12.1 Å². The number of unbranched alkanes of at least 4 members (excludes halogenated alkanes) is 3. The lowest BCUT2D eigenvalue weighted by Crippen LogP contribution is -2.21. The minimum absolute atomic E-state index is 0.100. The van der Waals surface area contributed by atoms with E-state index in [1.54, 1.807) is 0 Å². The van der Waals surface area contributed by atoms with Gasteiger partial charge in [0, 0.05) is 5.56 Å². The van der Waals surface area contributed by atoms with Gasteiger partial charge in [-0.25, -0.2) is 0 Å². The third-order valence-electron chi connectivity index (χ3n) is 3.65. The van der Waals surface area contributed by atoms with E-state index in [0.29, 0.717) is 0 Å². The van der Waals surface area contributed by atoms with Gasteiger partial charge in [0.2, 0.25) is 0 Å². The molecule has 0 amide bonds. The Kier molecular flexibility index (Phi) is 7.29. The van der Waals surface area contributed by atoms with Gasteiger partial charge in [-0.3, -0.25) is 5.32 Å². The van der Waals surface area contributed by atoms with Crippen molar-refractivity contribution >= 4 is 0 Å². The highest BCUT2D eigenvalue weighted by Gasteiger charge is 2.06. The van der Waals surface area contributed by atoms with E-state index in [-0.39, 0.29) is 6.04 Å². The SMILES string of the molecule is CCCCCCNC(C#Cc1ccccc1)c1ccccc1. The van der Waals surface area contributed by atoms with Crippen LogP contribution in [0.25, 0.3) is 0 Å². The molecule has 0 spiro atoms. The maximum Gasteiger partial charge on any atom is 0.0949 e. The minimum Gasteiger partial charge on any atom is -0.300 e. The fourth-order valence-corrected chi connectivity index (χ4v) is 2.37. The van der Waals surface area contributed by atoms with Gasteiger partial charge in [-0.2, -0.15) is 0 Å². The molecule has 1 unspecified atom stereocenters. The second kappa shape index (κ2) is 9.82. The smallest absolute Gasteiger partial charge is 0.0949 e. The summed E-state index contributed by atoms with van der Waals surface area (Å²) in [6.45, 7) is 3.26. The highest BCUT2D eigenvalue weighted by Crippen LogP contribution is 2.12. The van der Waals surface area contributed by atoms with E-state index in [4.69, 9.17) is 0 Å². The molecule has 114 valence electrons. The predicted octanol–water partition coefficient (Wildman–Crippen LogP) is 4.95. The molecule has 0 aliphatic carbocycles. The first kappa shape index (κ1) is 16.3. The van der Waals surface area contributed by atoms with Crippen LogP contribution in [-0.2, 0) is 0 Å². The molecule has 2 aromatic carbocycles. The third kappa shape index (κ3) is 5.76. The molecule has 0 radical (unpaired) electrons. The van der Waals surface area contributed by atoms with Gasteiger partial charge in [-0.15, -0.1) is 0 Å². The van der Waals surface area contributed by atoms with Crippen molar-refractivity contribution in [3.8, 4) is 11.8 Å². The summed E-state index contributed by atoms with van der Waals surface area (Å²) < 4.78 is 0. The lowest BCUT2D eigenvalue weighted by molar-refractivity contribution is 0.572. The van der Waals surface area contributed by atoms with Gasteiger partial charge in [0.05, 0.1) is 6.04 Å². The van der Waals surface area contributed by atoms with Crippen molar-refractivity contribution in [1.29, 1.82) is 0 Å². The summed E-state index contributed by atoms with van der Waals surface area (Å²) in [7, 11) is 0. The number of benzene rings is 2. The summed E-state index contributed by atoms with van der Waals surface area (Å²) in [6, 6.07) is 20.8. The molecule has 0 bridgehead atoms. The van der Waals surface area contributed by atoms with Crippen LogP contribution in [0.4, 0.5) is 0 Å². The topological polar surface area (TPSA) is 12.0 Å². The van der Waals surface area contributed by atoms with Crippen LogP contribution in [0.2, 0.25) is 0 Å². The van der Waals surface area contributed by atoms with Gasteiger partial charge < -0.3 is 0 Å². The summed E-state index contributed by atoms with van der Waals surface area (Å²) in [5.41, 5.74) is 2.30. The zero-order chi connectivity index (χ0) is 15.5. The van der Waals surface area contributed by atoms with Gasteiger partial charge in [0.15, 0.2) is 0 Å². The van der Waals surface area contributed by atoms with Crippen LogP contribution < -0.4 is 5.32 Å². The Hall–Kier alpha value is -2.04. The molecule has 0 aromatic heterocycles. The van der Waals surface area contributed by atoms with Crippen LogP contribution in [0.1, 0.15) is 49.8 Å². The average Bonchev–Trinajstić information content (AvgIpc) is 2.59. The molecular formula is C21H25N. The van der Waals surface area contributed by atoms with Crippen molar-refractivity contribution in [2.75, 3.05) is 6.54 Å². The predicted molar refractivity (Wildman–Crippen MR) is 94.6 cm³/mol. The number of hydrogen-bond acceptors (Lipinski definition) is 1. The molecule has 0 aliphatic rings. The van der Waals surface area contributed by atoms with Crippen LogP contribution in [0.15, 0.2) is 60.7 Å². The Bertz CT molecular complexity index is 578. The van der Waals surface area contributed by atoms with Crippen molar-refractivity contribution in [2.24, 2.45) is 0 Å². The zero-order valence-electron chi connectivity index (χ0n) is 13.4. The summed E-state index contributed by atoms with van der Waals surface area (Å²) in [6.07, 6.45) is 5.09. The number of hydrogen-bond donors (Lipinski definition) is 1. The Morgan fingerprint density at radius 2 is 1.55 bits per heavy atom.